The lowest BCUT2D eigenvalue weighted by atomic mass is 10.1. The molecule has 1 heterocycles. The Kier molecular flexibility index (Phi) is 5.35. The van der Waals surface area contributed by atoms with E-state index in [1.165, 1.54) is 12.4 Å². The Balaban J connectivity index is 1.61. The number of amides is 1. The molecule has 6 nitrogen and oxygen atoms in total. The minimum atomic E-state index is -0.320. The van der Waals surface area contributed by atoms with E-state index >= 15 is 0 Å². The summed E-state index contributed by atoms with van der Waals surface area (Å²) in [5.41, 5.74) is 0.804. The van der Waals surface area contributed by atoms with Crippen molar-refractivity contribution < 1.29 is 9.53 Å². The van der Waals surface area contributed by atoms with E-state index in [-0.39, 0.29) is 17.1 Å². The predicted molar refractivity (Wildman–Crippen MR) is 105 cm³/mol. The topological polar surface area (TPSA) is 76.1 Å². The second kappa shape index (κ2) is 7.86. The molecule has 0 bridgehead atoms. The van der Waals surface area contributed by atoms with E-state index in [0.29, 0.717) is 5.82 Å². The summed E-state index contributed by atoms with van der Waals surface area (Å²) in [5.74, 6) is 1.84. The Hall–Kier alpha value is -3.41. The van der Waals surface area contributed by atoms with Crippen molar-refractivity contribution in [1.82, 2.24) is 15.3 Å². The molecule has 0 spiro atoms. The number of nitrogens with one attached hydrogen (secondary N) is 2. The molecule has 0 saturated carbocycles. The number of carbonyl (C=O) groups is 1. The highest BCUT2D eigenvalue weighted by molar-refractivity contribution is 5.92. The second-order valence-electron chi connectivity index (χ2n) is 7.06. The van der Waals surface area contributed by atoms with Crippen LogP contribution < -0.4 is 15.4 Å². The van der Waals surface area contributed by atoms with Crippen LogP contribution in [-0.4, -0.2) is 21.4 Å². The third-order valence-corrected chi connectivity index (χ3v) is 3.48. The highest BCUT2D eigenvalue weighted by atomic mass is 16.5. The van der Waals surface area contributed by atoms with Gasteiger partial charge in [0.2, 0.25) is 0 Å². The molecule has 138 valence electrons. The van der Waals surface area contributed by atoms with Crippen LogP contribution in [0.1, 0.15) is 31.3 Å². The van der Waals surface area contributed by atoms with Crippen molar-refractivity contribution in [2.24, 2.45) is 0 Å². The molecule has 0 aliphatic rings. The first-order chi connectivity index (χ1) is 12.9. The molecule has 27 heavy (non-hydrogen) atoms. The van der Waals surface area contributed by atoms with Crippen molar-refractivity contribution in [2.45, 2.75) is 26.3 Å². The first kappa shape index (κ1) is 18.4. The molecule has 0 fully saturated rings. The van der Waals surface area contributed by atoms with Crippen LogP contribution in [0.4, 0.5) is 11.5 Å². The van der Waals surface area contributed by atoms with Gasteiger partial charge >= 0.3 is 0 Å². The summed E-state index contributed by atoms with van der Waals surface area (Å²) in [5, 5.41) is 6.00. The van der Waals surface area contributed by atoms with Crippen LogP contribution in [0, 0.1) is 0 Å². The lowest BCUT2D eigenvalue weighted by molar-refractivity contribution is 0.0914. The molecule has 2 N–H and O–H groups in total. The summed E-state index contributed by atoms with van der Waals surface area (Å²) in [6.45, 7) is 5.75. The molecule has 1 amide bonds. The van der Waals surface area contributed by atoms with Gasteiger partial charge in [-0.05, 0) is 57.2 Å². The van der Waals surface area contributed by atoms with Gasteiger partial charge in [-0.1, -0.05) is 18.2 Å². The summed E-state index contributed by atoms with van der Waals surface area (Å²) < 4.78 is 5.77. The normalized spacial score (nSPS) is 10.9. The smallest absolute Gasteiger partial charge is 0.271 e. The Morgan fingerprint density at radius 3 is 2.15 bits per heavy atom. The SMILES string of the molecule is CC(C)(C)NC(=O)c1cnc(Nc2ccc(Oc3ccccc3)cc2)cn1. The number of ether oxygens (including phenoxy) is 1. The van der Waals surface area contributed by atoms with Crippen molar-refractivity contribution in [3.05, 3.63) is 72.7 Å². The molecule has 2 aromatic carbocycles. The van der Waals surface area contributed by atoms with Gasteiger partial charge in [-0.2, -0.15) is 0 Å². The van der Waals surface area contributed by atoms with Crippen molar-refractivity contribution in [3.8, 4) is 11.5 Å². The molecule has 0 aliphatic carbocycles. The van der Waals surface area contributed by atoms with Gasteiger partial charge in [-0.15, -0.1) is 0 Å². The van der Waals surface area contributed by atoms with E-state index in [1.54, 1.807) is 0 Å². The number of hydrogen-bond donors (Lipinski definition) is 2. The van der Waals surface area contributed by atoms with Gasteiger partial charge in [0, 0.05) is 11.2 Å². The summed E-state index contributed by atoms with van der Waals surface area (Å²) in [7, 11) is 0. The highest BCUT2D eigenvalue weighted by Gasteiger charge is 2.16. The largest absolute Gasteiger partial charge is 0.457 e. The third-order valence-electron chi connectivity index (χ3n) is 3.48. The summed E-state index contributed by atoms with van der Waals surface area (Å²) in [6.07, 6.45) is 2.99. The average molecular weight is 362 g/mol. The maximum Gasteiger partial charge on any atom is 0.271 e. The van der Waals surface area contributed by atoms with E-state index in [4.69, 9.17) is 4.74 Å². The van der Waals surface area contributed by atoms with E-state index in [0.717, 1.165) is 17.2 Å². The van der Waals surface area contributed by atoms with Crippen molar-refractivity contribution in [3.63, 3.8) is 0 Å². The zero-order chi connectivity index (χ0) is 19.3. The second-order valence-corrected chi connectivity index (χ2v) is 7.06. The number of hydrogen-bond acceptors (Lipinski definition) is 5. The zero-order valence-corrected chi connectivity index (χ0v) is 15.6. The van der Waals surface area contributed by atoms with E-state index < -0.39 is 0 Å². The first-order valence-corrected chi connectivity index (χ1v) is 8.64. The van der Waals surface area contributed by atoms with Crippen molar-refractivity contribution in [2.75, 3.05) is 5.32 Å². The summed E-state index contributed by atoms with van der Waals surface area (Å²) in [4.78, 5) is 20.5. The Morgan fingerprint density at radius 1 is 0.889 bits per heavy atom. The maximum absolute atomic E-state index is 12.1. The van der Waals surface area contributed by atoms with Crippen LogP contribution in [0.5, 0.6) is 11.5 Å². The minimum Gasteiger partial charge on any atom is -0.457 e. The highest BCUT2D eigenvalue weighted by Crippen LogP contribution is 2.23. The number of nitrogens with zero attached hydrogens (tertiary/aromatic N) is 2. The van der Waals surface area contributed by atoms with Gasteiger partial charge in [0.05, 0.1) is 12.4 Å². The number of rotatable bonds is 5. The monoisotopic (exact) mass is 362 g/mol. The fourth-order valence-corrected chi connectivity index (χ4v) is 2.29. The fraction of sp³-hybridized carbons (Fsp3) is 0.190. The van der Waals surface area contributed by atoms with Crippen LogP contribution in [0.3, 0.4) is 0 Å². The Morgan fingerprint density at radius 2 is 1.56 bits per heavy atom. The van der Waals surface area contributed by atoms with Crippen LogP contribution in [0.15, 0.2) is 67.0 Å². The van der Waals surface area contributed by atoms with Crippen LogP contribution in [-0.2, 0) is 0 Å². The Bertz CT molecular complexity index is 886. The molecule has 0 unspecified atom stereocenters. The molecule has 0 radical (unpaired) electrons. The van der Waals surface area contributed by atoms with Gasteiger partial charge in [0.1, 0.15) is 23.0 Å². The molecule has 1 aromatic heterocycles. The van der Waals surface area contributed by atoms with Crippen LogP contribution in [0.25, 0.3) is 0 Å². The van der Waals surface area contributed by atoms with Gasteiger partial charge in [0.25, 0.3) is 5.91 Å². The van der Waals surface area contributed by atoms with Crippen molar-refractivity contribution in [1.29, 1.82) is 0 Å². The van der Waals surface area contributed by atoms with E-state index in [9.17, 15) is 4.79 Å². The maximum atomic E-state index is 12.1. The van der Waals surface area contributed by atoms with E-state index in [1.807, 2.05) is 75.4 Å². The average Bonchev–Trinajstić information content (AvgIpc) is 2.63. The summed E-state index contributed by atoms with van der Waals surface area (Å²) in [6, 6.07) is 17.1. The number of benzene rings is 2. The molecule has 0 atom stereocenters. The quantitative estimate of drug-likeness (QED) is 0.697. The number of aromatic nitrogens is 2. The first-order valence-electron chi connectivity index (χ1n) is 8.64. The van der Waals surface area contributed by atoms with Crippen LogP contribution >= 0.6 is 0 Å². The number of para-hydroxylation sites is 1. The standard InChI is InChI=1S/C21H22N4O2/c1-21(2,3)25-20(26)18-13-23-19(14-22-18)24-15-9-11-17(12-10-15)27-16-7-5-4-6-8-16/h4-14H,1-3H3,(H,23,24)(H,25,26). The lowest BCUT2D eigenvalue weighted by Gasteiger charge is -2.19. The van der Waals surface area contributed by atoms with Crippen LogP contribution in [0.2, 0.25) is 0 Å². The predicted octanol–water partition coefficient (Wildman–Crippen LogP) is 4.54. The molecule has 6 heteroatoms. The van der Waals surface area contributed by atoms with Gasteiger partial charge < -0.3 is 15.4 Å². The molecule has 3 rings (SSSR count). The lowest BCUT2D eigenvalue weighted by Crippen LogP contribution is -2.40. The number of carbonyl (C=O) groups excluding carboxylic acids is 1. The minimum absolute atomic E-state index is 0.246. The van der Waals surface area contributed by atoms with Gasteiger partial charge in [-0.3, -0.25) is 4.79 Å². The van der Waals surface area contributed by atoms with Gasteiger partial charge in [-0.25, -0.2) is 9.97 Å². The number of anilines is 2. The van der Waals surface area contributed by atoms with Gasteiger partial charge in [0.15, 0.2) is 0 Å². The molecule has 0 saturated heterocycles. The molecule has 0 aliphatic heterocycles. The molecular formula is C21H22N4O2. The third kappa shape index (κ3) is 5.54. The Labute approximate surface area is 158 Å². The van der Waals surface area contributed by atoms with Crippen molar-refractivity contribution >= 4 is 17.4 Å². The molecule has 3 aromatic rings. The van der Waals surface area contributed by atoms with E-state index in [2.05, 4.69) is 20.6 Å². The fourth-order valence-electron chi connectivity index (χ4n) is 2.29. The summed E-state index contributed by atoms with van der Waals surface area (Å²) >= 11 is 0. The zero-order valence-electron chi connectivity index (χ0n) is 15.6. The molecular weight excluding hydrogens is 340 g/mol.